The SMILES string of the molecule is O=C(CCc1nc(-c2cccc3ccccc23)no1)Nc1ccc(Cl)c(C(F)(F)F)c1. The van der Waals surface area contributed by atoms with Crippen LogP contribution < -0.4 is 5.32 Å². The highest BCUT2D eigenvalue weighted by Gasteiger charge is 2.33. The third-order valence-electron chi connectivity index (χ3n) is 4.62. The summed E-state index contributed by atoms with van der Waals surface area (Å²) in [5, 5.41) is 7.99. The summed E-state index contributed by atoms with van der Waals surface area (Å²) in [7, 11) is 0. The van der Waals surface area contributed by atoms with Crippen LogP contribution in [0.5, 0.6) is 0 Å². The van der Waals surface area contributed by atoms with Gasteiger partial charge in [-0.05, 0) is 29.0 Å². The molecule has 0 aliphatic rings. The van der Waals surface area contributed by atoms with Crippen LogP contribution >= 0.6 is 11.6 Å². The normalized spacial score (nSPS) is 11.6. The van der Waals surface area contributed by atoms with Crippen LogP contribution in [0.25, 0.3) is 22.2 Å². The number of halogens is 4. The van der Waals surface area contributed by atoms with Gasteiger partial charge in [-0.1, -0.05) is 59.2 Å². The number of carbonyl (C=O) groups excluding carboxylic acids is 1. The molecule has 0 atom stereocenters. The topological polar surface area (TPSA) is 68.0 Å². The molecule has 0 bridgehead atoms. The lowest BCUT2D eigenvalue weighted by Gasteiger charge is -2.11. The second-order valence-corrected chi connectivity index (χ2v) is 7.19. The molecule has 0 fully saturated rings. The van der Waals surface area contributed by atoms with Crippen molar-refractivity contribution >= 4 is 34.0 Å². The number of alkyl halides is 3. The quantitative estimate of drug-likeness (QED) is 0.401. The number of aryl methyl sites for hydroxylation is 1. The van der Waals surface area contributed by atoms with Crippen molar-refractivity contribution in [3.63, 3.8) is 0 Å². The summed E-state index contributed by atoms with van der Waals surface area (Å²) in [4.78, 5) is 16.5. The fourth-order valence-corrected chi connectivity index (χ4v) is 3.38. The summed E-state index contributed by atoms with van der Waals surface area (Å²) in [6, 6.07) is 16.7. The standard InChI is InChI=1S/C22H15ClF3N3O2/c23-18-9-8-14(12-17(18)22(24,25)26)27-19(30)10-11-20-28-21(29-31-20)16-7-3-5-13-4-1-2-6-15(13)16/h1-9,12H,10-11H2,(H,27,30). The van der Waals surface area contributed by atoms with Crippen molar-refractivity contribution in [2.24, 2.45) is 0 Å². The van der Waals surface area contributed by atoms with Gasteiger partial charge in [-0.15, -0.1) is 0 Å². The molecular formula is C22H15ClF3N3O2. The molecule has 5 nitrogen and oxygen atoms in total. The fraction of sp³-hybridized carbons (Fsp3) is 0.136. The van der Waals surface area contributed by atoms with E-state index in [-0.39, 0.29) is 24.4 Å². The van der Waals surface area contributed by atoms with E-state index in [0.717, 1.165) is 28.5 Å². The van der Waals surface area contributed by atoms with E-state index in [1.165, 1.54) is 6.07 Å². The Kier molecular flexibility index (Phi) is 5.65. The number of benzene rings is 3. The second kappa shape index (κ2) is 8.39. The van der Waals surface area contributed by atoms with Gasteiger partial charge in [0.25, 0.3) is 0 Å². The van der Waals surface area contributed by atoms with Crippen molar-refractivity contribution in [3.8, 4) is 11.4 Å². The minimum absolute atomic E-state index is 0.00342. The smallest absolute Gasteiger partial charge is 0.339 e. The lowest BCUT2D eigenvalue weighted by atomic mass is 10.0. The number of nitrogens with one attached hydrogen (secondary N) is 1. The fourth-order valence-electron chi connectivity index (χ4n) is 3.15. The zero-order chi connectivity index (χ0) is 22.0. The lowest BCUT2D eigenvalue weighted by molar-refractivity contribution is -0.137. The highest BCUT2D eigenvalue weighted by atomic mass is 35.5. The molecule has 31 heavy (non-hydrogen) atoms. The van der Waals surface area contributed by atoms with Crippen LogP contribution in [0.4, 0.5) is 18.9 Å². The van der Waals surface area contributed by atoms with Crippen molar-refractivity contribution in [3.05, 3.63) is 77.1 Å². The Bertz CT molecular complexity index is 1250. The molecule has 0 radical (unpaired) electrons. The summed E-state index contributed by atoms with van der Waals surface area (Å²) in [5.41, 5.74) is -0.203. The van der Waals surface area contributed by atoms with Crippen LogP contribution in [0, 0.1) is 0 Å². The molecule has 0 saturated carbocycles. The Morgan fingerprint density at radius 2 is 1.84 bits per heavy atom. The van der Waals surface area contributed by atoms with Crippen LogP contribution in [0.3, 0.4) is 0 Å². The lowest BCUT2D eigenvalue weighted by Crippen LogP contribution is -2.14. The highest BCUT2D eigenvalue weighted by molar-refractivity contribution is 6.31. The monoisotopic (exact) mass is 445 g/mol. The maximum atomic E-state index is 13.0. The second-order valence-electron chi connectivity index (χ2n) is 6.78. The van der Waals surface area contributed by atoms with E-state index in [0.29, 0.717) is 5.82 Å². The van der Waals surface area contributed by atoms with Gasteiger partial charge in [-0.25, -0.2) is 0 Å². The van der Waals surface area contributed by atoms with Gasteiger partial charge in [0, 0.05) is 24.1 Å². The molecule has 0 aliphatic heterocycles. The van der Waals surface area contributed by atoms with Gasteiger partial charge >= 0.3 is 6.18 Å². The first-order valence-corrected chi connectivity index (χ1v) is 9.66. The number of anilines is 1. The number of amides is 1. The highest BCUT2D eigenvalue weighted by Crippen LogP contribution is 2.36. The van der Waals surface area contributed by atoms with E-state index < -0.39 is 22.7 Å². The van der Waals surface area contributed by atoms with Crippen molar-refractivity contribution in [2.45, 2.75) is 19.0 Å². The van der Waals surface area contributed by atoms with Crippen LogP contribution in [0.15, 0.2) is 65.2 Å². The molecule has 1 N–H and O–H groups in total. The first-order valence-electron chi connectivity index (χ1n) is 9.28. The maximum Gasteiger partial charge on any atom is 0.417 e. The Morgan fingerprint density at radius 1 is 1.06 bits per heavy atom. The number of fused-ring (bicyclic) bond motifs is 1. The minimum atomic E-state index is -4.61. The summed E-state index contributed by atoms with van der Waals surface area (Å²) < 4.78 is 44.1. The third-order valence-corrected chi connectivity index (χ3v) is 4.95. The van der Waals surface area contributed by atoms with Gasteiger partial charge in [0.15, 0.2) is 0 Å². The summed E-state index contributed by atoms with van der Waals surface area (Å²) in [6.45, 7) is 0. The third kappa shape index (κ3) is 4.69. The zero-order valence-corrected chi connectivity index (χ0v) is 16.7. The zero-order valence-electron chi connectivity index (χ0n) is 15.9. The van der Waals surface area contributed by atoms with E-state index in [4.69, 9.17) is 16.1 Å². The maximum absolute atomic E-state index is 13.0. The number of hydrogen-bond donors (Lipinski definition) is 1. The predicted octanol–water partition coefficient (Wildman–Crippen LogP) is 6.13. The molecule has 3 aromatic carbocycles. The van der Waals surface area contributed by atoms with Crippen LogP contribution in [-0.2, 0) is 17.4 Å². The van der Waals surface area contributed by atoms with Crippen molar-refractivity contribution in [1.29, 1.82) is 0 Å². The molecule has 0 spiro atoms. The summed E-state index contributed by atoms with van der Waals surface area (Å²) in [6.07, 6.45) is -4.51. The number of hydrogen-bond acceptors (Lipinski definition) is 4. The van der Waals surface area contributed by atoms with Crippen molar-refractivity contribution in [2.75, 3.05) is 5.32 Å². The molecule has 9 heteroatoms. The number of aromatic nitrogens is 2. The van der Waals surface area contributed by atoms with E-state index in [1.807, 2.05) is 42.5 Å². The van der Waals surface area contributed by atoms with Gasteiger partial charge in [-0.2, -0.15) is 18.2 Å². The largest absolute Gasteiger partial charge is 0.417 e. The molecule has 1 amide bonds. The van der Waals surface area contributed by atoms with Gasteiger partial charge in [0.2, 0.25) is 17.6 Å². The Morgan fingerprint density at radius 3 is 2.65 bits per heavy atom. The number of carbonyl (C=O) groups is 1. The first kappa shape index (κ1) is 20.9. The molecular weight excluding hydrogens is 431 g/mol. The summed E-state index contributed by atoms with van der Waals surface area (Å²) in [5.74, 6) is 0.172. The summed E-state index contributed by atoms with van der Waals surface area (Å²) >= 11 is 5.59. The van der Waals surface area contributed by atoms with Crippen LogP contribution in [0.1, 0.15) is 17.9 Å². The first-order chi connectivity index (χ1) is 14.8. The van der Waals surface area contributed by atoms with Crippen LogP contribution in [0.2, 0.25) is 5.02 Å². The molecule has 1 heterocycles. The molecule has 0 aliphatic carbocycles. The Labute approximate surface area is 179 Å². The average molecular weight is 446 g/mol. The molecule has 1 aromatic heterocycles. The van der Waals surface area contributed by atoms with Gasteiger partial charge in [-0.3, -0.25) is 4.79 Å². The number of nitrogens with zero attached hydrogens (tertiary/aromatic N) is 2. The molecule has 4 aromatic rings. The molecule has 0 unspecified atom stereocenters. The van der Waals surface area contributed by atoms with Crippen LogP contribution in [-0.4, -0.2) is 16.0 Å². The average Bonchev–Trinajstić information content (AvgIpc) is 3.21. The van der Waals surface area contributed by atoms with Crippen molar-refractivity contribution in [1.82, 2.24) is 10.1 Å². The van der Waals surface area contributed by atoms with Gasteiger partial charge in [0.1, 0.15) is 0 Å². The minimum Gasteiger partial charge on any atom is -0.339 e. The number of rotatable bonds is 5. The predicted molar refractivity (Wildman–Crippen MR) is 111 cm³/mol. The van der Waals surface area contributed by atoms with Crippen molar-refractivity contribution < 1.29 is 22.5 Å². The van der Waals surface area contributed by atoms with E-state index in [1.54, 1.807) is 0 Å². The van der Waals surface area contributed by atoms with E-state index in [9.17, 15) is 18.0 Å². The van der Waals surface area contributed by atoms with E-state index in [2.05, 4.69) is 15.5 Å². The molecule has 4 rings (SSSR count). The van der Waals surface area contributed by atoms with Gasteiger partial charge in [0.05, 0.1) is 10.6 Å². The van der Waals surface area contributed by atoms with E-state index >= 15 is 0 Å². The van der Waals surface area contributed by atoms with Gasteiger partial charge < -0.3 is 9.84 Å². The molecule has 158 valence electrons. The Hall–Kier alpha value is -3.39. The molecule has 0 saturated heterocycles. The Balaban J connectivity index is 1.43.